The first-order valence-corrected chi connectivity index (χ1v) is 9.40. The van der Waals surface area contributed by atoms with Crippen LogP contribution in [0.25, 0.3) is 16.5 Å². The average Bonchev–Trinajstić information content (AvgIpc) is 3.35. The van der Waals surface area contributed by atoms with Crippen molar-refractivity contribution < 1.29 is 15.4 Å². The number of aliphatic carboxylic acids is 1. The van der Waals surface area contributed by atoms with E-state index < -0.39 is 5.97 Å². The van der Waals surface area contributed by atoms with Gasteiger partial charge in [-0.2, -0.15) is 0 Å². The minimum atomic E-state index is -0.875. The number of hydrogen-bond donors (Lipinski definition) is 1. The number of hydrogen-bond acceptors (Lipinski definition) is 4. The Morgan fingerprint density at radius 3 is 2.60 bits per heavy atom. The van der Waals surface area contributed by atoms with Crippen molar-refractivity contribution in [3.05, 3.63) is 46.7 Å². The smallest absolute Gasteiger partial charge is 0.313 e. The van der Waals surface area contributed by atoms with Crippen molar-refractivity contribution in [3.63, 3.8) is 0 Å². The molecule has 0 unspecified atom stereocenters. The molecule has 3 N–H and O–H groups in total. The first-order chi connectivity index (χ1) is 11.6. The normalized spacial score (nSPS) is 13.6. The first kappa shape index (κ1) is 17.9. The van der Waals surface area contributed by atoms with Crippen LogP contribution in [0.3, 0.4) is 0 Å². The predicted octanol–water partition coefficient (Wildman–Crippen LogP) is 3.41. The van der Waals surface area contributed by atoms with Crippen molar-refractivity contribution in [2.75, 3.05) is 5.75 Å². The van der Waals surface area contributed by atoms with Crippen LogP contribution in [0.1, 0.15) is 24.3 Å². The fourth-order valence-corrected chi connectivity index (χ4v) is 4.15. The molecule has 6 nitrogen and oxygen atoms in total. The lowest BCUT2D eigenvalue weighted by Gasteiger charge is -2.13. The molecule has 1 saturated carbocycles. The van der Waals surface area contributed by atoms with Gasteiger partial charge in [-0.3, -0.25) is 9.36 Å². The van der Waals surface area contributed by atoms with E-state index in [0.29, 0.717) is 15.8 Å². The summed E-state index contributed by atoms with van der Waals surface area (Å²) in [6.45, 7) is 0. The number of benzene rings is 2. The zero-order valence-electron chi connectivity index (χ0n) is 13.1. The summed E-state index contributed by atoms with van der Waals surface area (Å²) in [5.41, 5.74) is 2.35. The van der Waals surface area contributed by atoms with Gasteiger partial charge in [0.2, 0.25) is 4.73 Å². The van der Waals surface area contributed by atoms with Crippen LogP contribution in [0.5, 0.6) is 0 Å². The molecule has 4 rings (SSSR count). The molecule has 2 aromatic carbocycles. The molecule has 1 heterocycles. The van der Waals surface area contributed by atoms with Gasteiger partial charge in [0.1, 0.15) is 0 Å². The number of carboxylic acid groups (broad SMARTS) is 1. The fraction of sp³-hybridized carbons (Fsp3) is 0.235. The monoisotopic (exact) mass is 421 g/mol. The lowest BCUT2D eigenvalue weighted by molar-refractivity contribution is -0.133. The maximum Gasteiger partial charge on any atom is 0.313 e. The zero-order valence-corrected chi connectivity index (χ0v) is 15.5. The van der Waals surface area contributed by atoms with Gasteiger partial charge in [0.25, 0.3) is 0 Å². The van der Waals surface area contributed by atoms with Crippen molar-refractivity contribution in [3.8, 4) is 5.69 Å². The Morgan fingerprint density at radius 1 is 1.20 bits per heavy atom. The molecule has 0 radical (unpaired) electrons. The Bertz CT molecular complexity index is 940. The van der Waals surface area contributed by atoms with E-state index in [4.69, 9.17) is 5.11 Å². The zero-order chi connectivity index (χ0) is 16.7. The minimum absolute atomic E-state index is 0. The molecular weight excluding hydrogens is 406 g/mol. The average molecular weight is 422 g/mol. The van der Waals surface area contributed by atoms with E-state index in [1.54, 1.807) is 0 Å². The van der Waals surface area contributed by atoms with E-state index >= 15 is 0 Å². The second kappa shape index (κ2) is 7.15. The number of thioether (sulfide) groups is 1. The van der Waals surface area contributed by atoms with Gasteiger partial charge in [-0.25, -0.2) is 0 Å². The highest BCUT2D eigenvalue weighted by molar-refractivity contribution is 9.10. The number of carbonyl (C=O) groups is 1. The van der Waals surface area contributed by atoms with Crippen molar-refractivity contribution >= 4 is 44.4 Å². The van der Waals surface area contributed by atoms with Crippen LogP contribution in [0.4, 0.5) is 0 Å². The lowest BCUT2D eigenvalue weighted by Crippen LogP contribution is -2.03. The van der Waals surface area contributed by atoms with Crippen molar-refractivity contribution in [1.29, 1.82) is 0 Å². The molecule has 1 aliphatic carbocycles. The van der Waals surface area contributed by atoms with Crippen LogP contribution >= 0.6 is 27.7 Å². The van der Waals surface area contributed by atoms with Gasteiger partial charge in [0.15, 0.2) is 5.16 Å². The molecule has 1 aromatic heterocycles. The topological polar surface area (TPSA) is 99.5 Å². The van der Waals surface area contributed by atoms with E-state index in [1.165, 1.54) is 23.8 Å². The molecule has 0 aliphatic heterocycles. The third-order valence-corrected chi connectivity index (χ3v) is 5.54. The van der Waals surface area contributed by atoms with Gasteiger partial charge >= 0.3 is 5.97 Å². The molecule has 0 atom stereocenters. The standard InChI is InChI=1S/C17H14BrN3O2S.H2O/c18-16-19-20-17(24-9-15(22)23)21(16)14-8-7-11(10-5-6-10)12-3-1-2-4-13(12)14;/h1-4,7-8,10H,5-6,9H2,(H,22,23);1H2. The lowest BCUT2D eigenvalue weighted by atomic mass is 9.99. The molecule has 130 valence electrons. The highest BCUT2D eigenvalue weighted by atomic mass is 79.9. The fourth-order valence-electron chi connectivity index (χ4n) is 2.93. The van der Waals surface area contributed by atoms with Gasteiger partial charge in [0.05, 0.1) is 11.4 Å². The third-order valence-electron chi connectivity index (χ3n) is 4.11. The summed E-state index contributed by atoms with van der Waals surface area (Å²) in [5.74, 6) is -0.266. The van der Waals surface area contributed by atoms with Crippen molar-refractivity contribution in [1.82, 2.24) is 14.8 Å². The summed E-state index contributed by atoms with van der Waals surface area (Å²) in [5, 5.41) is 20.0. The molecule has 0 bridgehead atoms. The van der Waals surface area contributed by atoms with Crippen LogP contribution in [0.2, 0.25) is 0 Å². The van der Waals surface area contributed by atoms with Gasteiger partial charge in [-0.1, -0.05) is 42.1 Å². The Morgan fingerprint density at radius 2 is 1.92 bits per heavy atom. The molecule has 0 saturated heterocycles. The maximum atomic E-state index is 10.9. The van der Waals surface area contributed by atoms with E-state index in [9.17, 15) is 4.79 Å². The quantitative estimate of drug-likeness (QED) is 0.636. The van der Waals surface area contributed by atoms with Gasteiger partial charge in [-0.05, 0) is 51.7 Å². The minimum Gasteiger partial charge on any atom is -0.481 e. The largest absolute Gasteiger partial charge is 0.481 e. The number of fused-ring (bicyclic) bond motifs is 1. The van der Waals surface area contributed by atoms with Gasteiger partial charge in [0, 0.05) is 5.39 Å². The maximum absolute atomic E-state index is 10.9. The van der Waals surface area contributed by atoms with Gasteiger partial charge in [-0.15, -0.1) is 10.2 Å². The highest BCUT2D eigenvalue weighted by Gasteiger charge is 2.26. The Hall–Kier alpha value is -1.90. The van der Waals surface area contributed by atoms with Crippen LogP contribution < -0.4 is 0 Å². The number of rotatable bonds is 5. The van der Waals surface area contributed by atoms with Crippen molar-refractivity contribution in [2.24, 2.45) is 0 Å². The van der Waals surface area contributed by atoms with Crippen LogP contribution in [0, 0.1) is 0 Å². The molecule has 3 aromatic rings. The molecule has 1 aliphatic rings. The van der Waals surface area contributed by atoms with Crippen LogP contribution in [-0.2, 0) is 4.79 Å². The molecular formula is C17H16BrN3O3S. The van der Waals surface area contributed by atoms with Crippen LogP contribution in [-0.4, -0.2) is 37.1 Å². The Balaban J connectivity index is 0.00000182. The molecule has 8 heteroatoms. The summed E-state index contributed by atoms with van der Waals surface area (Å²) in [7, 11) is 0. The Kier molecular flexibility index (Phi) is 5.12. The predicted molar refractivity (Wildman–Crippen MR) is 101 cm³/mol. The third kappa shape index (κ3) is 3.42. The second-order valence-electron chi connectivity index (χ2n) is 5.76. The SMILES string of the molecule is O.O=C(O)CSc1nnc(Br)n1-c1ccc(C2CC2)c2ccccc12. The molecule has 25 heavy (non-hydrogen) atoms. The second-order valence-corrected chi connectivity index (χ2v) is 7.41. The number of nitrogens with zero attached hydrogens (tertiary/aromatic N) is 3. The van der Waals surface area contributed by atoms with Crippen molar-refractivity contribution in [2.45, 2.75) is 23.9 Å². The summed E-state index contributed by atoms with van der Waals surface area (Å²) < 4.78 is 2.44. The number of aromatic nitrogens is 3. The van der Waals surface area contributed by atoms with E-state index in [0.717, 1.165) is 22.8 Å². The van der Waals surface area contributed by atoms with Gasteiger partial charge < -0.3 is 10.6 Å². The van der Waals surface area contributed by atoms with Crippen LogP contribution in [0.15, 0.2) is 46.3 Å². The number of halogens is 1. The number of carboxylic acids is 1. The molecule has 1 fully saturated rings. The van der Waals surface area contributed by atoms with E-state index in [-0.39, 0.29) is 11.2 Å². The first-order valence-electron chi connectivity index (χ1n) is 7.62. The highest BCUT2D eigenvalue weighted by Crippen LogP contribution is 2.44. The summed E-state index contributed by atoms with van der Waals surface area (Å²) in [4.78, 5) is 10.9. The summed E-state index contributed by atoms with van der Waals surface area (Å²) >= 11 is 4.60. The van der Waals surface area contributed by atoms with E-state index in [1.807, 2.05) is 10.6 Å². The Labute approximate surface area is 156 Å². The molecule has 0 amide bonds. The summed E-state index contributed by atoms with van der Waals surface area (Å²) in [6.07, 6.45) is 2.50. The molecule has 0 spiro atoms. The van der Waals surface area contributed by atoms with E-state index in [2.05, 4.69) is 56.5 Å². The summed E-state index contributed by atoms with van der Waals surface area (Å²) in [6, 6.07) is 12.6.